The summed E-state index contributed by atoms with van der Waals surface area (Å²) in [6.45, 7) is 20.7. The Morgan fingerprint density at radius 1 is 0.833 bits per heavy atom. The SMILES string of the molecule is CC(C)(C)CCCCC(C(=O)OO)C(C)(C)c1ccccc1.CCCC(C)(C)CC(C)(C)C(=O)OO. The molecule has 0 aliphatic rings. The van der Waals surface area contributed by atoms with Crippen LogP contribution in [-0.4, -0.2) is 22.5 Å². The molecule has 0 aromatic heterocycles. The fourth-order valence-electron chi connectivity index (χ4n) is 5.07. The molecule has 6 heteroatoms. The van der Waals surface area contributed by atoms with Crippen molar-refractivity contribution in [2.45, 2.75) is 120 Å². The largest absolute Gasteiger partial charge is 0.347 e. The Bertz CT molecular complexity index is 774. The third kappa shape index (κ3) is 12.4. The number of carbonyl (C=O) groups is 2. The zero-order valence-electron chi connectivity index (χ0n) is 24.4. The standard InChI is InChI=1S/C19H30O3.C11H22O3/c1-18(2,3)14-10-9-13-16(17(20)22-21)19(4,5)15-11-7-6-8-12-15;1-6-7-10(2,3)8-11(4,5)9(12)14-13/h6-8,11-12,16,21H,9-10,13-14H2,1-5H3;13H,6-8H2,1-5H3. The lowest BCUT2D eigenvalue weighted by molar-refractivity contribution is -0.245. The van der Waals surface area contributed by atoms with Gasteiger partial charge in [-0.15, -0.1) is 0 Å². The average molecular weight is 509 g/mol. The molecule has 1 atom stereocenters. The Morgan fingerprint density at radius 2 is 1.39 bits per heavy atom. The molecule has 1 rings (SSSR count). The van der Waals surface area contributed by atoms with Crippen molar-refractivity contribution >= 4 is 11.9 Å². The molecule has 1 aromatic rings. The molecule has 6 nitrogen and oxygen atoms in total. The van der Waals surface area contributed by atoms with Crippen molar-refractivity contribution < 1.29 is 29.9 Å². The summed E-state index contributed by atoms with van der Waals surface area (Å²) in [7, 11) is 0. The Labute approximate surface area is 219 Å². The van der Waals surface area contributed by atoms with Gasteiger partial charge in [0.05, 0.1) is 11.3 Å². The van der Waals surface area contributed by atoms with E-state index >= 15 is 0 Å². The van der Waals surface area contributed by atoms with Crippen LogP contribution >= 0.6 is 0 Å². The zero-order valence-corrected chi connectivity index (χ0v) is 24.4. The molecule has 0 fully saturated rings. The van der Waals surface area contributed by atoms with E-state index in [9.17, 15) is 9.59 Å². The summed E-state index contributed by atoms with van der Waals surface area (Å²) in [5.74, 6) is -1.44. The summed E-state index contributed by atoms with van der Waals surface area (Å²) in [6.07, 6.45) is 6.74. The molecule has 0 amide bonds. The normalized spacial score (nSPS) is 13.3. The van der Waals surface area contributed by atoms with Gasteiger partial charge in [-0.3, -0.25) is 0 Å². The van der Waals surface area contributed by atoms with Crippen LogP contribution in [0.25, 0.3) is 0 Å². The van der Waals surface area contributed by atoms with Crippen LogP contribution in [0, 0.1) is 22.2 Å². The highest BCUT2D eigenvalue weighted by Gasteiger charge is 2.38. The van der Waals surface area contributed by atoms with Gasteiger partial charge >= 0.3 is 11.9 Å². The van der Waals surface area contributed by atoms with E-state index in [4.69, 9.17) is 10.5 Å². The molecule has 1 aromatic carbocycles. The second-order valence-corrected chi connectivity index (χ2v) is 13.2. The van der Waals surface area contributed by atoms with Crippen molar-refractivity contribution in [2.24, 2.45) is 22.2 Å². The van der Waals surface area contributed by atoms with Crippen molar-refractivity contribution in [1.82, 2.24) is 0 Å². The van der Waals surface area contributed by atoms with Gasteiger partial charge in [-0.05, 0) is 55.9 Å². The van der Waals surface area contributed by atoms with Gasteiger partial charge in [0.2, 0.25) is 0 Å². The highest BCUT2D eigenvalue weighted by Crippen LogP contribution is 2.38. The second-order valence-electron chi connectivity index (χ2n) is 13.2. The lowest BCUT2D eigenvalue weighted by Gasteiger charge is -2.32. The van der Waals surface area contributed by atoms with Crippen molar-refractivity contribution in [3.63, 3.8) is 0 Å². The maximum absolute atomic E-state index is 12.1. The highest BCUT2D eigenvalue weighted by molar-refractivity contribution is 5.75. The summed E-state index contributed by atoms with van der Waals surface area (Å²) in [4.78, 5) is 31.2. The van der Waals surface area contributed by atoms with E-state index in [2.05, 4.69) is 51.3 Å². The van der Waals surface area contributed by atoms with Crippen LogP contribution in [-0.2, 0) is 24.8 Å². The van der Waals surface area contributed by atoms with Crippen LogP contribution < -0.4 is 0 Å². The lowest BCUT2D eigenvalue weighted by Crippen LogP contribution is -2.35. The van der Waals surface area contributed by atoms with Gasteiger partial charge in [-0.2, -0.15) is 10.5 Å². The van der Waals surface area contributed by atoms with E-state index in [-0.39, 0.29) is 16.7 Å². The topological polar surface area (TPSA) is 93.1 Å². The van der Waals surface area contributed by atoms with Crippen molar-refractivity contribution in [1.29, 1.82) is 0 Å². The molecule has 208 valence electrons. The van der Waals surface area contributed by atoms with Gasteiger partial charge in [-0.25, -0.2) is 9.59 Å². The van der Waals surface area contributed by atoms with Crippen molar-refractivity contribution in [2.75, 3.05) is 0 Å². The summed E-state index contributed by atoms with van der Waals surface area (Å²) >= 11 is 0. The molecule has 0 radical (unpaired) electrons. The lowest BCUT2D eigenvalue weighted by atomic mass is 9.71. The quantitative estimate of drug-likeness (QED) is 0.167. The van der Waals surface area contributed by atoms with E-state index in [1.54, 1.807) is 13.8 Å². The summed E-state index contributed by atoms with van der Waals surface area (Å²) < 4.78 is 0. The minimum Gasteiger partial charge on any atom is -0.301 e. The Hall–Kier alpha value is -1.92. The molecule has 36 heavy (non-hydrogen) atoms. The second kappa shape index (κ2) is 14.7. The first-order valence-electron chi connectivity index (χ1n) is 13.2. The van der Waals surface area contributed by atoms with Gasteiger partial charge in [0.1, 0.15) is 0 Å². The molecular formula is C30H52O6. The van der Waals surface area contributed by atoms with Gasteiger partial charge in [0.25, 0.3) is 0 Å². The first-order chi connectivity index (χ1) is 16.4. The van der Waals surface area contributed by atoms with Crippen molar-refractivity contribution in [3.8, 4) is 0 Å². The molecule has 0 saturated carbocycles. The Kier molecular flexibility index (Phi) is 13.9. The predicted octanol–water partition coefficient (Wildman–Crippen LogP) is 8.45. The van der Waals surface area contributed by atoms with Gasteiger partial charge in [0, 0.05) is 5.41 Å². The highest BCUT2D eigenvalue weighted by atomic mass is 17.1. The molecular weight excluding hydrogens is 456 g/mol. The molecule has 2 N–H and O–H groups in total. The van der Waals surface area contributed by atoms with Crippen LogP contribution in [0.4, 0.5) is 0 Å². The number of carbonyl (C=O) groups excluding carboxylic acids is 2. The van der Waals surface area contributed by atoms with E-state index in [1.165, 1.54) is 0 Å². The molecule has 0 bridgehead atoms. The number of hydrogen-bond acceptors (Lipinski definition) is 6. The molecule has 1 unspecified atom stereocenters. The van der Waals surface area contributed by atoms with Crippen LogP contribution in [0.5, 0.6) is 0 Å². The predicted molar refractivity (Wildman–Crippen MR) is 145 cm³/mol. The summed E-state index contributed by atoms with van der Waals surface area (Å²) in [5, 5.41) is 17.2. The molecule has 0 aliphatic carbocycles. The smallest absolute Gasteiger partial charge is 0.301 e. The number of rotatable bonds is 12. The minimum absolute atomic E-state index is 0.104. The van der Waals surface area contributed by atoms with E-state index < -0.39 is 17.4 Å². The third-order valence-corrected chi connectivity index (χ3v) is 6.92. The third-order valence-electron chi connectivity index (χ3n) is 6.92. The molecule has 0 saturated heterocycles. The maximum atomic E-state index is 12.1. The van der Waals surface area contributed by atoms with Crippen LogP contribution in [0.15, 0.2) is 30.3 Å². The minimum atomic E-state index is -0.618. The number of unbranched alkanes of at least 4 members (excludes halogenated alkanes) is 1. The Morgan fingerprint density at radius 3 is 1.83 bits per heavy atom. The van der Waals surface area contributed by atoms with Gasteiger partial charge in [-0.1, -0.05) is 105 Å². The first-order valence-corrected chi connectivity index (χ1v) is 13.2. The molecule has 0 spiro atoms. The van der Waals surface area contributed by atoms with E-state index in [1.807, 2.05) is 44.2 Å². The maximum Gasteiger partial charge on any atom is 0.347 e. The van der Waals surface area contributed by atoms with Crippen LogP contribution in [0.2, 0.25) is 0 Å². The molecule has 0 aliphatic heterocycles. The van der Waals surface area contributed by atoms with E-state index in [0.717, 1.165) is 44.1 Å². The average Bonchev–Trinajstić information content (AvgIpc) is 2.77. The number of hydrogen-bond donors (Lipinski definition) is 2. The number of benzene rings is 1. The van der Waals surface area contributed by atoms with Gasteiger partial charge < -0.3 is 9.78 Å². The zero-order chi connectivity index (χ0) is 28.2. The summed E-state index contributed by atoms with van der Waals surface area (Å²) in [6, 6.07) is 9.94. The summed E-state index contributed by atoms with van der Waals surface area (Å²) in [5.41, 5.74) is 0.506. The first kappa shape index (κ1) is 34.1. The van der Waals surface area contributed by atoms with Crippen LogP contribution in [0.1, 0.15) is 120 Å². The van der Waals surface area contributed by atoms with E-state index in [0.29, 0.717) is 11.8 Å². The Balaban J connectivity index is 0.000000757. The fourth-order valence-corrected chi connectivity index (χ4v) is 5.07. The van der Waals surface area contributed by atoms with Crippen molar-refractivity contribution in [3.05, 3.63) is 35.9 Å². The fraction of sp³-hybridized carbons (Fsp3) is 0.733. The van der Waals surface area contributed by atoms with Crippen LogP contribution in [0.3, 0.4) is 0 Å². The van der Waals surface area contributed by atoms with Gasteiger partial charge in [0.15, 0.2) is 0 Å². The molecule has 0 heterocycles. The monoisotopic (exact) mass is 508 g/mol.